The smallest absolute Gasteiger partial charge is 0.304 e. The third kappa shape index (κ3) is 6.54. The molecule has 0 bridgehead atoms. The summed E-state index contributed by atoms with van der Waals surface area (Å²) in [7, 11) is 0. The fourth-order valence-electron chi connectivity index (χ4n) is 4.31. The van der Waals surface area contributed by atoms with Crippen LogP contribution in [0.15, 0.2) is 42.5 Å². The van der Waals surface area contributed by atoms with Crippen molar-refractivity contribution >= 4 is 5.97 Å². The van der Waals surface area contributed by atoms with E-state index in [0.29, 0.717) is 29.6 Å². The number of hydrogen-bond donors (Lipinski definition) is 2. The average molecular weight is 428 g/mol. The van der Waals surface area contributed by atoms with Gasteiger partial charge >= 0.3 is 5.97 Å². The SMILES string of the molecule is CC(C)(C)[C@H]1CC[C@H](Oc2ccc(-c3cccc(CNCCC(=O)O)c3F)cc2)CC1. The molecule has 2 N–H and O–H groups in total. The maximum Gasteiger partial charge on any atom is 0.304 e. The molecule has 2 aromatic rings. The second kappa shape index (κ2) is 10.3. The molecule has 0 saturated heterocycles. The average Bonchev–Trinajstić information content (AvgIpc) is 2.72. The molecule has 0 aromatic heterocycles. The number of carboxylic acids is 1. The molecule has 0 spiro atoms. The monoisotopic (exact) mass is 427 g/mol. The fraction of sp³-hybridized carbons (Fsp3) is 0.500. The highest BCUT2D eigenvalue weighted by atomic mass is 19.1. The van der Waals surface area contributed by atoms with E-state index in [9.17, 15) is 9.18 Å². The molecule has 0 atom stereocenters. The molecule has 1 aliphatic carbocycles. The summed E-state index contributed by atoms with van der Waals surface area (Å²) in [6, 6.07) is 12.9. The van der Waals surface area contributed by atoms with Gasteiger partial charge in [0.1, 0.15) is 11.6 Å². The number of nitrogens with one attached hydrogen (secondary N) is 1. The van der Waals surface area contributed by atoms with Crippen LogP contribution in [-0.2, 0) is 11.3 Å². The van der Waals surface area contributed by atoms with Crippen LogP contribution in [0.3, 0.4) is 0 Å². The van der Waals surface area contributed by atoms with E-state index in [0.717, 1.165) is 30.1 Å². The number of benzene rings is 2. The van der Waals surface area contributed by atoms with Crippen molar-refractivity contribution in [3.63, 3.8) is 0 Å². The Kier molecular flexibility index (Phi) is 7.71. The Labute approximate surface area is 184 Å². The van der Waals surface area contributed by atoms with E-state index < -0.39 is 5.97 Å². The van der Waals surface area contributed by atoms with Crippen molar-refractivity contribution in [2.75, 3.05) is 6.54 Å². The van der Waals surface area contributed by atoms with Gasteiger partial charge in [0.25, 0.3) is 0 Å². The highest BCUT2D eigenvalue weighted by molar-refractivity contribution is 5.67. The van der Waals surface area contributed by atoms with Gasteiger partial charge in [0.2, 0.25) is 0 Å². The van der Waals surface area contributed by atoms with Gasteiger partial charge in [-0.15, -0.1) is 0 Å². The van der Waals surface area contributed by atoms with Crippen LogP contribution in [0.25, 0.3) is 11.1 Å². The summed E-state index contributed by atoms with van der Waals surface area (Å²) in [6.07, 6.45) is 4.82. The molecule has 1 fully saturated rings. The first-order chi connectivity index (χ1) is 14.7. The second-order valence-corrected chi connectivity index (χ2v) is 9.58. The van der Waals surface area contributed by atoms with E-state index in [1.165, 1.54) is 12.8 Å². The summed E-state index contributed by atoms with van der Waals surface area (Å²) in [5.74, 6) is 0.434. The van der Waals surface area contributed by atoms with Gasteiger partial charge in [0.15, 0.2) is 0 Å². The van der Waals surface area contributed by atoms with Gasteiger partial charge in [-0.2, -0.15) is 0 Å². The minimum Gasteiger partial charge on any atom is -0.490 e. The summed E-state index contributed by atoms with van der Waals surface area (Å²) < 4.78 is 21.2. The van der Waals surface area contributed by atoms with Gasteiger partial charge in [0.05, 0.1) is 12.5 Å². The standard InChI is InChI=1S/C26H34FNO3/c1-26(2,3)20-9-13-22(14-10-20)31-21-11-7-18(8-12-21)23-6-4-5-19(25(23)27)17-28-16-15-24(29)30/h4-8,11-12,20,22,28H,9-10,13-17H2,1-3H3,(H,29,30)/t20-,22-. The van der Waals surface area contributed by atoms with Crippen molar-refractivity contribution in [1.82, 2.24) is 5.32 Å². The zero-order valence-corrected chi connectivity index (χ0v) is 18.8. The number of ether oxygens (including phenoxy) is 1. The highest BCUT2D eigenvalue weighted by Gasteiger charge is 2.30. The Morgan fingerprint density at radius 2 is 1.77 bits per heavy atom. The van der Waals surface area contributed by atoms with E-state index >= 15 is 0 Å². The molecule has 0 amide bonds. The van der Waals surface area contributed by atoms with Crippen LogP contribution < -0.4 is 10.1 Å². The third-order valence-corrected chi connectivity index (χ3v) is 6.28. The molecule has 0 heterocycles. The van der Waals surface area contributed by atoms with Crippen LogP contribution in [0.5, 0.6) is 5.75 Å². The summed E-state index contributed by atoms with van der Waals surface area (Å²) in [6.45, 7) is 7.56. The van der Waals surface area contributed by atoms with Gasteiger partial charge < -0.3 is 15.2 Å². The van der Waals surface area contributed by atoms with Crippen molar-refractivity contribution in [1.29, 1.82) is 0 Å². The fourth-order valence-corrected chi connectivity index (χ4v) is 4.31. The van der Waals surface area contributed by atoms with Gasteiger partial charge in [-0.1, -0.05) is 51.1 Å². The first-order valence-corrected chi connectivity index (χ1v) is 11.2. The molecular formula is C26H34FNO3. The van der Waals surface area contributed by atoms with Crippen LogP contribution in [0.4, 0.5) is 4.39 Å². The highest BCUT2D eigenvalue weighted by Crippen LogP contribution is 2.39. The lowest BCUT2D eigenvalue weighted by Gasteiger charge is -2.36. The number of carbonyl (C=O) groups is 1. The van der Waals surface area contributed by atoms with Crippen molar-refractivity contribution in [2.45, 2.75) is 65.5 Å². The minimum absolute atomic E-state index is 0.0145. The molecule has 0 unspecified atom stereocenters. The Morgan fingerprint density at radius 3 is 2.39 bits per heavy atom. The molecule has 5 heteroatoms. The van der Waals surface area contributed by atoms with Gasteiger partial charge in [0, 0.05) is 24.2 Å². The van der Waals surface area contributed by atoms with E-state index in [2.05, 4.69) is 26.1 Å². The van der Waals surface area contributed by atoms with Crippen molar-refractivity contribution in [3.8, 4) is 16.9 Å². The Hall–Kier alpha value is -2.40. The van der Waals surface area contributed by atoms with Crippen LogP contribution in [0.1, 0.15) is 58.4 Å². The Bertz CT molecular complexity index is 865. The number of carboxylic acid groups (broad SMARTS) is 1. The third-order valence-electron chi connectivity index (χ3n) is 6.28. The van der Waals surface area contributed by atoms with Crippen LogP contribution in [0.2, 0.25) is 0 Å². The summed E-state index contributed by atoms with van der Waals surface area (Å²) in [4.78, 5) is 10.6. The summed E-state index contributed by atoms with van der Waals surface area (Å²) >= 11 is 0. The van der Waals surface area contributed by atoms with Crippen LogP contribution in [-0.4, -0.2) is 23.7 Å². The molecule has 0 radical (unpaired) electrons. The van der Waals surface area contributed by atoms with Gasteiger partial charge in [-0.25, -0.2) is 4.39 Å². The predicted octanol–water partition coefficient (Wildman–Crippen LogP) is 6.04. The number of rotatable bonds is 8. The first-order valence-electron chi connectivity index (χ1n) is 11.2. The van der Waals surface area contributed by atoms with Gasteiger partial charge in [-0.05, 0) is 54.7 Å². The number of halogens is 1. The molecule has 1 aliphatic rings. The maximum atomic E-state index is 15.0. The molecule has 2 aromatic carbocycles. The molecule has 168 valence electrons. The maximum absolute atomic E-state index is 15.0. The lowest BCUT2D eigenvalue weighted by atomic mass is 9.72. The quantitative estimate of drug-likeness (QED) is 0.504. The zero-order valence-electron chi connectivity index (χ0n) is 18.8. The lowest BCUT2D eigenvalue weighted by Crippen LogP contribution is -2.30. The Balaban J connectivity index is 1.59. The molecule has 0 aliphatic heterocycles. The number of aliphatic carboxylic acids is 1. The summed E-state index contributed by atoms with van der Waals surface area (Å²) in [5, 5.41) is 11.7. The van der Waals surface area contributed by atoms with Crippen molar-refractivity contribution in [3.05, 3.63) is 53.8 Å². The van der Waals surface area contributed by atoms with Gasteiger partial charge in [-0.3, -0.25) is 4.79 Å². The normalized spacial score (nSPS) is 19.2. The predicted molar refractivity (Wildman–Crippen MR) is 122 cm³/mol. The molecule has 1 saturated carbocycles. The second-order valence-electron chi connectivity index (χ2n) is 9.58. The van der Waals surface area contributed by atoms with Crippen molar-refractivity contribution < 1.29 is 19.0 Å². The Morgan fingerprint density at radius 1 is 1.10 bits per heavy atom. The molecular weight excluding hydrogens is 393 g/mol. The van der Waals surface area contributed by atoms with E-state index in [1.54, 1.807) is 12.1 Å². The molecule has 4 nitrogen and oxygen atoms in total. The first kappa shape index (κ1) is 23.3. The lowest BCUT2D eigenvalue weighted by molar-refractivity contribution is -0.136. The topological polar surface area (TPSA) is 58.6 Å². The van der Waals surface area contributed by atoms with Crippen LogP contribution >= 0.6 is 0 Å². The largest absolute Gasteiger partial charge is 0.490 e. The van der Waals surface area contributed by atoms with Crippen LogP contribution in [0, 0.1) is 17.2 Å². The molecule has 31 heavy (non-hydrogen) atoms. The van der Waals surface area contributed by atoms with E-state index in [4.69, 9.17) is 9.84 Å². The van der Waals surface area contributed by atoms with E-state index in [-0.39, 0.29) is 18.3 Å². The molecule has 3 rings (SSSR count). The summed E-state index contributed by atoms with van der Waals surface area (Å²) in [5.41, 5.74) is 2.22. The minimum atomic E-state index is -0.869. The van der Waals surface area contributed by atoms with Crippen molar-refractivity contribution in [2.24, 2.45) is 11.3 Å². The number of hydrogen-bond acceptors (Lipinski definition) is 3. The zero-order chi connectivity index (χ0) is 22.4. The van der Waals surface area contributed by atoms with E-state index in [1.807, 2.05) is 30.3 Å².